The maximum absolute atomic E-state index is 13.9. The fraction of sp³-hybridized carbons (Fsp3) is 0.485. The first-order valence-electron chi connectivity index (χ1n) is 15.1. The molecule has 4 atom stereocenters. The number of aromatic nitrogens is 2. The molecule has 1 aliphatic heterocycles. The minimum absolute atomic E-state index is 0.0122. The van der Waals surface area contributed by atoms with Crippen molar-refractivity contribution in [1.29, 1.82) is 5.26 Å². The summed E-state index contributed by atoms with van der Waals surface area (Å²) in [6.45, 7) is 4.61. The van der Waals surface area contributed by atoms with Crippen LogP contribution in [-0.4, -0.2) is 53.3 Å². The van der Waals surface area contributed by atoms with Crippen LogP contribution in [0.2, 0.25) is 0 Å². The molecule has 5 rings (SSSR count). The van der Waals surface area contributed by atoms with Crippen LogP contribution in [0, 0.1) is 29.1 Å². The van der Waals surface area contributed by atoms with E-state index in [1.165, 1.54) is 0 Å². The number of benzene rings is 1. The van der Waals surface area contributed by atoms with Crippen LogP contribution >= 0.6 is 0 Å². The molecule has 3 aromatic rings. The number of hydrogen-bond acceptors (Lipinski definition) is 7. The Hall–Kier alpha value is -4.23. The smallest absolute Gasteiger partial charge is 0.223 e. The van der Waals surface area contributed by atoms with Crippen LogP contribution in [0.3, 0.4) is 0 Å². The predicted molar refractivity (Wildman–Crippen MR) is 162 cm³/mol. The maximum atomic E-state index is 13.9. The number of fused-ring (bicyclic) bond motifs is 1. The summed E-state index contributed by atoms with van der Waals surface area (Å²) in [6.07, 6.45) is 4.87. The third kappa shape index (κ3) is 6.89. The van der Waals surface area contributed by atoms with E-state index >= 15 is 0 Å². The minimum atomic E-state index is -0.751. The van der Waals surface area contributed by atoms with Gasteiger partial charge in [0.05, 0.1) is 36.1 Å². The number of pyridine rings is 1. The Balaban J connectivity index is 1.36. The number of rotatable bonds is 14. The number of ether oxygens (including phenoxy) is 1. The van der Waals surface area contributed by atoms with Gasteiger partial charge in [-0.25, -0.2) is 0 Å². The Morgan fingerprint density at radius 1 is 1.21 bits per heavy atom. The van der Waals surface area contributed by atoms with Crippen molar-refractivity contribution in [3.8, 4) is 11.8 Å². The van der Waals surface area contributed by atoms with Gasteiger partial charge in [-0.3, -0.25) is 24.7 Å². The number of nitrogens with zero attached hydrogens (tertiary/aromatic N) is 2. The van der Waals surface area contributed by atoms with Gasteiger partial charge in [0.2, 0.25) is 11.8 Å². The summed E-state index contributed by atoms with van der Waals surface area (Å²) in [7, 11) is 1.59. The summed E-state index contributed by atoms with van der Waals surface area (Å²) < 4.78 is 5.44. The van der Waals surface area contributed by atoms with E-state index in [1.807, 2.05) is 50.2 Å². The van der Waals surface area contributed by atoms with E-state index < -0.39 is 23.5 Å². The molecule has 0 bridgehead atoms. The van der Waals surface area contributed by atoms with Gasteiger partial charge >= 0.3 is 0 Å². The molecular weight excluding hydrogens is 544 g/mol. The molecule has 2 fully saturated rings. The molecule has 1 aromatic carbocycles. The van der Waals surface area contributed by atoms with Crippen LogP contribution in [0.15, 0.2) is 48.7 Å². The highest BCUT2D eigenvalue weighted by Gasteiger charge is 2.48. The Labute approximate surface area is 252 Å². The second kappa shape index (κ2) is 13.0. The summed E-state index contributed by atoms with van der Waals surface area (Å²) in [5, 5.41) is 20.6. The van der Waals surface area contributed by atoms with Gasteiger partial charge in [-0.15, -0.1) is 0 Å². The number of ketones is 1. The number of Topliss-reactive ketones (excluding diaryl/α,β-unsaturated/α-hetero) is 1. The number of carbonyl (C=O) groups is 3. The average Bonchev–Trinajstić information content (AvgIpc) is 3.47. The molecule has 2 aromatic heterocycles. The molecule has 1 aliphatic carbocycles. The largest absolute Gasteiger partial charge is 0.496 e. The zero-order valence-corrected chi connectivity index (χ0v) is 25.0. The highest BCUT2D eigenvalue weighted by atomic mass is 16.5. The first-order valence-corrected chi connectivity index (χ1v) is 15.1. The first kappa shape index (κ1) is 30.2. The second-order valence-corrected chi connectivity index (χ2v) is 12.2. The molecule has 0 spiro atoms. The molecule has 1 saturated heterocycles. The van der Waals surface area contributed by atoms with Gasteiger partial charge in [-0.1, -0.05) is 26.0 Å². The Kier molecular flexibility index (Phi) is 9.11. The first-order chi connectivity index (χ1) is 20.7. The fourth-order valence-corrected chi connectivity index (χ4v) is 6.16. The topological polar surface area (TPSA) is 149 Å². The third-order valence-electron chi connectivity index (χ3n) is 8.61. The van der Waals surface area contributed by atoms with Crippen LogP contribution in [0.25, 0.3) is 10.9 Å². The molecule has 10 nitrogen and oxygen atoms in total. The summed E-state index contributed by atoms with van der Waals surface area (Å²) in [4.78, 5) is 47.6. The average molecular weight is 585 g/mol. The van der Waals surface area contributed by atoms with Crippen LogP contribution in [0.1, 0.15) is 68.6 Å². The van der Waals surface area contributed by atoms with E-state index in [9.17, 15) is 19.6 Å². The molecule has 1 saturated carbocycles. The van der Waals surface area contributed by atoms with Gasteiger partial charge in [0.15, 0.2) is 5.78 Å². The number of H-pyrrole nitrogens is 1. The number of carbonyl (C=O) groups excluding carboxylic acids is 3. The van der Waals surface area contributed by atoms with Gasteiger partial charge in [-0.2, -0.15) is 5.26 Å². The molecule has 3 heterocycles. The number of aromatic amines is 1. The highest BCUT2D eigenvalue weighted by molar-refractivity contribution is 6.02. The van der Waals surface area contributed by atoms with E-state index in [0.717, 1.165) is 29.4 Å². The monoisotopic (exact) mass is 584 g/mol. The van der Waals surface area contributed by atoms with E-state index in [1.54, 1.807) is 19.4 Å². The van der Waals surface area contributed by atoms with Crippen molar-refractivity contribution >= 4 is 28.5 Å². The van der Waals surface area contributed by atoms with Crippen LogP contribution in [0.4, 0.5) is 0 Å². The predicted octanol–water partition coefficient (Wildman–Crippen LogP) is 3.99. The second-order valence-electron chi connectivity index (χ2n) is 12.2. The van der Waals surface area contributed by atoms with Gasteiger partial charge in [0.1, 0.15) is 11.8 Å². The Morgan fingerprint density at radius 3 is 2.65 bits per heavy atom. The number of nitrogens with one attached hydrogen (secondary N) is 4. The summed E-state index contributed by atoms with van der Waals surface area (Å²) in [5.41, 5.74) is 1.62. The van der Waals surface area contributed by atoms with Crippen LogP contribution in [0.5, 0.6) is 5.75 Å². The zero-order valence-electron chi connectivity index (χ0n) is 25.0. The zero-order chi connectivity index (χ0) is 30.6. The summed E-state index contributed by atoms with van der Waals surface area (Å²) in [5.74, 6) is -0.613. The van der Waals surface area contributed by atoms with Crippen LogP contribution in [-0.2, 0) is 15.1 Å². The Bertz CT molecular complexity index is 1510. The molecule has 10 heteroatoms. The molecule has 0 radical (unpaired) electrons. The lowest BCUT2D eigenvalue weighted by molar-refractivity contribution is -0.127. The SMILES string of the molecule is COc1cccc2[nH]c(C(=O)CC(CC(C)C)C(=O)NC(CC3CCNC3=O)C(C#N)NC3(c4ccccn4)CC3)cc12. The van der Waals surface area contributed by atoms with E-state index in [-0.39, 0.29) is 35.9 Å². The molecule has 4 N–H and O–H groups in total. The molecule has 2 aliphatic rings. The third-order valence-corrected chi connectivity index (χ3v) is 8.61. The lowest BCUT2D eigenvalue weighted by Crippen LogP contribution is -2.54. The molecule has 2 amide bonds. The van der Waals surface area contributed by atoms with Crippen molar-refractivity contribution in [2.24, 2.45) is 17.8 Å². The normalized spacial score (nSPS) is 19.3. The summed E-state index contributed by atoms with van der Waals surface area (Å²) in [6, 6.07) is 14.0. The number of nitriles is 1. The number of methoxy groups -OCH3 is 1. The van der Waals surface area contributed by atoms with E-state index in [2.05, 4.69) is 32.0 Å². The standard InChI is InChI=1S/C33H40N6O4/c1-20(2)15-22(17-28(40)26-18-23-24(37-26)7-6-8-29(23)43-3)32(42)38-25(16-21-10-14-36-31(21)41)27(19-34)39-33(11-12-33)30-9-4-5-13-35-30/h4-9,13,18,20-22,25,27,37,39H,10-12,14-17H2,1-3H3,(H,36,41)(H,38,42). The van der Waals surface area contributed by atoms with E-state index in [4.69, 9.17) is 4.74 Å². The van der Waals surface area contributed by atoms with Crippen molar-refractivity contribution in [3.05, 3.63) is 60.0 Å². The summed E-state index contributed by atoms with van der Waals surface area (Å²) >= 11 is 0. The maximum Gasteiger partial charge on any atom is 0.223 e. The van der Waals surface area contributed by atoms with Gasteiger partial charge in [0, 0.05) is 41.9 Å². The van der Waals surface area contributed by atoms with E-state index in [0.29, 0.717) is 37.3 Å². The fourth-order valence-electron chi connectivity index (χ4n) is 6.16. The number of hydrogen-bond donors (Lipinski definition) is 4. The van der Waals surface area contributed by atoms with Crippen molar-refractivity contribution in [2.75, 3.05) is 13.7 Å². The van der Waals surface area contributed by atoms with Crippen LogP contribution < -0.4 is 20.7 Å². The quantitative estimate of drug-likeness (QED) is 0.209. The number of amides is 2. The highest BCUT2D eigenvalue weighted by Crippen LogP contribution is 2.45. The van der Waals surface area contributed by atoms with Gasteiger partial charge in [-0.05, 0) is 68.4 Å². The molecular formula is C33H40N6O4. The molecule has 4 unspecified atom stereocenters. The molecule has 43 heavy (non-hydrogen) atoms. The van der Waals surface area contributed by atoms with Crippen molar-refractivity contribution in [2.45, 2.75) is 70.0 Å². The molecule has 226 valence electrons. The van der Waals surface area contributed by atoms with Gasteiger partial charge in [0.25, 0.3) is 0 Å². The van der Waals surface area contributed by atoms with Crippen molar-refractivity contribution in [1.82, 2.24) is 25.9 Å². The lowest BCUT2D eigenvalue weighted by atomic mass is 9.89. The van der Waals surface area contributed by atoms with Gasteiger partial charge < -0.3 is 20.4 Å². The van der Waals surface area contributed by atoms with Crippen molar-refractivity contribution < 1.29 is 19.1 Å². The minimum Gasteiger partial charge on any atom is -0.496 e. The lowest BCUT2D eigenvalue weighted by Gasteiger charge is -2.31. The Morgan fingerprint density at radius 2 is 2.02 bits per heavy atom. The van der Waals surface area contributed by atoms with Crippen molar-refractivity contribution in [3.63, 3.8) is 0 Å².